The van der Waals surface area contributed by atoms with E-state index in [1.165, 1.54) is 4.90 Å². The fourth-order valence-electron chi connectivity index (χ4n) is 5.69. The van der Waals surface area contributed by atoms with E-state index in [9.17, 15) is 14.7 Å². The summed E-state index contributed by atoms with van der Waals surface area (Å²) in [6.07, 6.45) is 8.60. The van der Waals surface area contributed by atoms with Gasteiger partial charge in [-0.3, -0.25) is 14.5 Å². The lowest BCUT2D eigenvalue weighted by Gasteiger charge is -2.19. The van der Waals surface area contributed by atoms with Crippen LogP contribution >= 0.6 is 0 Å². The molecule has 2 amide bonds. The van der Waals surface area contributed by atoms with Gasteiger partial charge in [0.2, 0.25) is 11.8 Å². The van der Waals surface area contributed by atoms with Gasteiger partial charge in [-0.05, 0) is 65.6 Å². The van der Waals surface area contributed by atoms with Crippen LogP contribution < -0.4 is 10.2 Å². The van der Waals surface area contributed by atoms with Crippen LogP contribution in [0.1, 0.15) is 23.1 Å². The van der Waals surface area contributed by atoms with E-state index in [1.54, 1.807) is 12.2 Å². The first kappa shape index (κ1) is 22.1. The normalized spacial score (nSPS) is 25.1. The molecule has 0 radical (unpaired) electrons. The number of carbonyl (C=O) groups is 2. The van der Waals surface area contributed by atoms with Crippen LogP contribution in [0, 0.1) is 30.6 Å². The highest BCUT2D eigenvalue weighted by molar-refractivity contribution is 6.22. The third kappa shape index (κ3) is 3.44. The second-order valence-electron chi connectivity index (χ2n) is 9.23. The van der Waals surface area contributed by atoms with Gasteiger partial charge in [-0.1, -0.05) is 61.7 Å². The van der Waals surface area contributed by atoms with Crippen molar-refractivity contribution < 1.29 is 14.7 Å². The Morgan fingerprint density at radius 3 is 2.32 bits per heavy atom. The molecule has 172 valence electrons. The maximum absolute atomic E-state index is 13.1. The lowest BCUT2D eigenvalue weighted by Crippen LogP contribution is -2.32. The van der Waals surface area contributed by atoms with Gasteiger partial charge in [0, 0.05) is 11.4 Å². The quantitative estimate of drug-likeness (QED) is 0.354. The Hall–Kier alpha value is -3.70. The van der Waals surface area contributed by atoms with E-state index in [0.29, 0.717) is 11.4 Å². The number of benzene rings is 2. The summed E-state index contributed by atoms with van der Waals surface area (Å²) in [6.45, 7) is 9.81. The molecule has 5 nitrogen and oxygen atoms in total. The summed E-state index contributed by atoms with van der Waals surface area (Å²) in [7, 11) is 0. The molecule has 3 aliphatic rings. The monoisotopic (exact) mass is 452 g/mol. The third-order valence-electron chi connectivity index (χ3n) is 7.40. The number of nitrogens with zero attached hydrogens (tertiary/aromatic N) is 1. The second-order valence-corrected chi connectivity index (χ2v) is 9.23. The number of aliphatic hydroxyl groups is 1. The number of aliphatic hydroxyl groups excluding tert-OH is 1. The van der Waals surface area contributed by atoms with Gasteiger partial charge in [0.25, 0.3) is 0 Å². The Balaban J connectivity index is 1.34. The molecular formula is C29H28N2O3. The zero-order valence-corrected chi connectivity index (χ0v) is 19.2. The van der Waals surface area contributed by atoms with Gasteiger partial charge in [-0.2, -0.15) is 0 Å². The molecule has 0 aromatic heterocycles. The number of rotatable bonds is 7. The van der Waals surface area contributed by atoms with Gasteiger partial charge in [-0.25, -0.2) is 0 Å². The van der Waals surface area contributed by atoms with Crippen molar-refractivity contribution in [3.63, 3.8) is 0 Å². The molecule has 2 bridgehead atoms. The smallest absolute Gasteiger partial charge is 0.238 e. The van der Waals surface area contributed by atoms with Gasteiger partial charge in [0.1, 0.15) is 0 Å². The Kier molecular flexibility index (Phi) is 5.58. The lowest BCUT2D eigenvalue weighted by molar-refractivity contribution is -0.123. The standard InChI is InChI=1S/C29H28N2O3/c1-4-6-22(16-32)24-7-5-8-25(17(24)2)30-18(3)19-11-13-23(14-12-19)31-28(33)26-20-9-10-21(15-20)27(26)29(31)34/h4-14,20-21,26-27,30,32H,1,3,15-16H2,2H3/b22-6-. The summed E-state index contributed by atoms with van der Waals surface area (Å²) in [5, 5.41) is 13.1. The zero-order chi connectivity index (χ0) is 24.0. The summed E-state index contributed by atoms with van der Waals surface area (Å²) < 4.78 is 0. The highest BCUT2D eigenvalue weighted by Gasteiger charge is 2.59. The van der Waals surface area contributed by atoms with Crippen LogP contribution in [-0.2, 0) is 9.59 Å². The Morgan fingerprint density at radius 1 is 1.09 bits per heavy atom. The molecule has 4 atom stereocenters. The van der Waals surface area contributed by atoms with Crippen LogP contribution in [0.25, 0.3) is 11.3 Å². The maximum Gasteiger partial charge on any atom is 0.238 e. The predicted molar refractivity (Wildman–Crippen MR) is 136 cm³/mol. The number of imide groups is 1. The number of hydrogen-bond donors (Lipinski definition) is 2. The SMILES string of the molecule is C=C/C=C(/CO)c1cccc(NC(=C)c2ccc(N3C(=O)C4C5C=CC(C5)C4C3=O)cc2)c1C. The molecule has 1 heterocycles. The number of anilines is 2. The van der Waals surface area contributed by atoms with E-state index < -0.39 is 0 Å². The Bertz CT molecular complexity index is 1220. The second kappa shape index (κ2) is 8.58. The van der Waals surface area contributed by atoms with Crippen molar-refractivity contribution in [1.29, 1.82) is 0 Å². The van der Waals surface area contributed by atoms with E-state index in [-0.39, 0.29) is 42.1 Å². The van der Waals surface area contributed by atoms with Crippen LogP contribution in [0.5, 0.6) is 0 Å². The molecule has 4 unspecified atom stereocenters. The highest BCUT2D eigenvalue weighted by Crippen LogP contribution is 2.53. The minimum Gasteiger partial charge on any atom is -0.392 e. The number of nitrogens with one attached hydrogen (secondary N) is 1. The average molecular weight is 453 g/mol. The van der Waals surface area contributed by atoms with Crippen molar-refractivity contribution in [1.82, 2.24) is 0 Å². The molecule has 1 aliphatic heterocycles. The van der Waals surface area contributed by atoms with Crippen molar-refractivity contribution in [3.8, 4) is 0 Å². The van der Waals surface area contributed by atoms with Crippen LogP contribution in [0.3, 0.4) is 0 Å². The van der Waals surface area contributed by atoms with E-state index in [4.69, 9.17) is 0 Å². The molecule has 5 rings (SSSR count). The fraction of sp³-hybridized carbons (Fsp3) is 0.241. The fourth-order valence-corrected chi connectivity index (χ4v) is 5.69. The van der Waals surface area contributed by atoms with E-state index in [1.807, 2.05) is 49.4 Å². The highest BCUT2D eigenvalue weighted by atomic mass is 16.3. The third-order valence-corrected chi connectivity index (χ3v) is 7.40. The average Bonchev–Trinajstić information content (AvgIpc) is 3.53. The summed E-state index contributed by atoms with van der Waals surface area (Å²) in [4.78, 5) is 27.5. The Morgan fingerprint density at radius 2 is 1.74 bits per heavy atom. The number of fused-ring (bicyclic) bond motifs is 5. The van der Waals surface area contributed by atoms with Gasteiger partial charge in [0.05, 0.1) is 24.1 Å². The summed E-state index contributed by atoms with van der Waals surface area (Å²) in [6, 6.07) is 13.2. The Labute approximate surface area is 199 Å². The largest absolute Gasteiger partial charge is 0.392 e. The molecule has 0 spiro atoms. The van der Waals surface area contributed by atoms with Gasteiger partial charge >= 0.3 is 0 Å². The number of allylic oxidation sites excluding steroid dienone is 4. The zero-order valence-electron chi connectivity index (χ0n) is 19.2. The first-order valence-corrected chi connectivity index (χ1v) is 11.6. The molecule has 2 fully saturated rings. The van der Waals surface area contributed by atoms with Gasteiger partial charge < -0.3 is 10.4 Å². The molecule has 1 saturated carbocycles. The summed E-state index contributed by atoms with van der Waals surface area (Å²) >= 11 is 0. The van der Waals surface area contributed by atoms with Crippen molar-refractivity contribution in [2.75, 3.05) is 16.8 Å². The van der Waals surface area contributed by atoms with Crippen LogP contribution in [0.15, 0.2) is 79.9 Å². The van der Waals surface area contributed by atoms with E-state index in [2.05, 4.69) is 30.6 Å². The topological polar surface area (TPSA) is 69.6 Å². The van der Waals surface area contributed by atoms with Gasteiger partial charge in [0.15, 0.2) is 0 Å². The minimum atomic E-state index is -0.201. The number of amides is 2. The van der Waals surface area contributed by atoms with E-state index in [0.717, 1.165) is 34.4 Å². The van der Waals surface area contributed by atoms with E-state index >= 15 is 0 Å². The van der Waals surface area contributed by atoms with Crippen molar-refractivity contribution in [3.05, 3.63) is 96.6 Å². The maximum atomic E-state index is 13.1. The molecule has 2 aromatic carbocycles. The van der Waals surface area contributed by atoms with Crippen molar-refractivity contribution in [2.45, 2.75) is 13.3 Å². The van der Waals surface area contributed by atoms with Crippen LogP contribution in [-0.4, -0.2) is 23.5 Å². The molecule has 34 heavy (non-hydrogen) atoms. The molecule has 2 aliphatic carbocycles. The number of hydrogen-bond acceptors (Lipinski definition) is 4. The van der Waals surface area contributed by atoms with Crippen molar-refractivity contribution >= 4 is 34.5 Å². The van der Waals surface area contributed by atoms with Crippen LogP contribution in [0.4, 0.5) is 11.4 Å². The first-order valence-electron chi connectivity index (χ1n) is 11.6. The molecule has 2 aromatic rings. The molecular weight excluding hydrogens is 424 g/mol. The minimum absolute atomic E-state index is 0.0729. The molecule has 1 saturated heterocycles. The lowest BCUT2D eigenvalue weighted by atomic mass is 9.85. The summed E-state index contributed by atoms with van der Waals surface area (Å²) in [5.41, 5.74) is 5.78. The van der Waals surface area contributed by atoms with Crippen LogP contribution in [0.2, 0.25) is 0 Å². The van der Waals surface area contributed by atoms with Gasteiger partial charge in [-0.15, -0.1) is 0 Å². The predicted octanol–water partition coefficient (Wildman–Crippen LogP) is 4.95. The summed E-state index contributed by atoms with van der Waals surface area (Å²) in [5.74, 6) is -0.147. The number of carbonyl (C=O) groups excluding carboxylic acids is 2. The molecule has 5 heteroatoms. The first-order chi connectivity index (χ1) is 16.4. The molecule has 2 N–H and O–H groups in total. The van der Waals surface area contributed by atoms with Crippen molar-refractivity contribution in [2.24, 2.45) is 23.7 Å².